The number of nitrogens with zero attached hydrogens (tertiary/aromatic N) is 1. The number of rotatable bonds is 2. The molecule has 5 rings (SSSR count). The standard InChI is InChI=1S/C26H35NO2/c1-17(28)29-20-10-12-25(2)19(15-20)6-7-21-23-9-8-22(18-5-4-14-27-16-18)26(23,3)13-11-24(21)25/h4-5,8,14,16,19-21,23-24H,6-7,9-13,15H2,1-3H3. The average Bonchev–Trinajstić information content (AvgIpc) is 3.06. The van der Waals surface area contributed by atoms with E-state index in [-0.39, 0.29) is 12.1 Å². The molecule has 0 bridgehead atoms. The molecule has 0 aromatic carbocycles. The summed E-state index contributed by atoms with van der Waals surface area (Å²) in [5.74, 6) is 3.06. The van der Waals surface area contributed by atoms with E-state index in [1.54, 1.807) is 12.5 Å². The van der Waals surface area contributed by atoms with E-state index in [4.69, 9.17) is 4.74 Å². The van der Waals surface area contributed by atoms with Crippen LogP contribution in [0.4, 0.5) is 0 Å². The Morgan fingerprint density at radius 3 is 2.76 bits per heavy atom. The molecule has 4 aliphatic rings. The maximum absolute atomic E-state index is 11.5. The van der Waals surface area contributed by atoms with Crippen molar-refractivity contribution in [2.75, 3.05) is 0 Å². The number of carbonyl (C=O) groups excluding carboxylic acids is 1. The van der Waals surface area contributed by atoms with E-state index in [0.717, 1.165) is 36.5 Å². The number of ether oxygens (including phenoxy) is 1. The SMILES string of the molecule is CC(=O)OC1CCC2(C)C(CCC3C4CC=C(c5cccnc5)C4(C)CCC32)C1. The maximum Gasteiger partial charge on any atom is 0.302 e. The van der Waals surface area contributed by atoms with Crippen LogP contribution in [0.1, 0.15) is 77.7 Å². The van der Waals surface area contributed by atoms with E-state index in [1.165, 1.54) is 44.1 Å². The molecule has 3 nitrogen and oxygen atoms in total. The number of carbonyl (C=O) groups is 1. The van der Waals surface area contributed by atoms with Gasteiger partial charge in [-0.3, -0.25) is 9.78 Å². The Balaban J connectivity index is 1.37. The van der Waals surface area contributed by atoms with Crippen LogP contribution >= 0.6 is 0 Å². The van der Waals surface area contributed by atoms with Gasteiger partial charge in [-0.25, -0.2) is 0 Å². The van der Waals surface area contributed by atoms with Crippen LogP contribution in [0.15, 0.2) is 30.6 Å². The zero-order valence-corrected chi connectivity index (χ0v) is 18.2. The second-order valence-corrected chi connectivity index (χ2v) is 10.7. The number of allylic oxidation sites excluding steroid dienone is 2. The quantitative estimate of drug-likeness (QED) is 0.574. The molecule has 0 radical (unpaired) electrons. The molecular formula is C26H35NO2. The molecule has 156 valence electrons. The van der Waals surface area contributed by atoms with Gasteiger partial charge < -0.3 is 4.74 Å². The third kappa shape index (κ3) is 2.99. The number of hydrogen-bond donors (Lipinski definition) is 0. The molecule has 29 heavy (non-hydrogen) atoms. The number of fused-ring (bicyclic) bond motifs is 5. The molecule has 3 heteroatoms. The first kappa shape index (κ1) is 19.3. The molecule has 4 aliphatic carbocycles. The van der Waals surface area contributed by atoms with Crippen molar-refractivity contribution in [2.24, 2.45) is 34.5 Å². The Bertz CT molecular complexity index is 817. The third-order valence-corrected chi connectivity index (χ3v) is 9.50. The summed E-state index contributed by atoms with van der Waals surface area (Å²) in [4.78, 5) is 15.9. The molecule has 0 N–H and O–H groups in total. The van der Waals surface area contributed by atoms with Gasteiger partial charge in [0.25, 0.3) is 0 Å². The van der Waals surface area contributed by atoms with Crippen LogP contribution in [0.2, 0.25) is 0 Å². The highest BCUT2D eigenvalue weighted by atomic mass is 16.5. The molecule has 7 unspecified atom stereocenters. The highest BCUT2D eigenvalue weighted by Gasteiger charge is 2.58. The number of hydrogen-bond acceptors (Lipinski definition) is 3. The smallest absolute Gasteiger partial charge is 0.302 e. The van der Waals surface area contributed by atoms with Gasteiger partial charge in [0, 0.05) is 19.3 Å². The molecule has 3 saturated carbocycles. The van der Waals surface area contributed by atoms with Gasteiger partial charge in [-0.1, -0.05) is 26.0 Å². The van der Waals surface area contributed by atoms with Crippen LogP contribution in [-0.4, -0.2) is 17.1 Å². The lowest BCUT2D eigenvalue weighted by Gasteiger charge is -2.60. The lowest BCUT2D eigenvalue weighted by Crippen LogP contribution is -2.53. The Kier molecular flexibility index (Phi) is 4.64. The minimum Gasteiger partial charge on any atom is -0.463 e. The van der Waals surface area contributed by atoms with Crippen molar-refractivity contribution in [1.29, 1.82) is 0 Å². The Hall–Kier alpha value is -1.64. The molecule has 1 aromatic rings. The second-order valence-electron chi connectivity index (χ2n) is 10.7. The van der Waals surface area contributed by atoms with E-state index in [2.05, 4.69) is 43.2 Å². The van der Waals surface area contributed by atoms with Crippen LogP contribution in [0.3, 0.4) is 0 Å². The van der Waals surface area contributed by atoms with E-state index >= 15 is 0 Å². The monoisotopic (exact) mass is 393 g/mol. The lowest BCUT2D eigenvalue weighted by atomic mass is 9.44. The van der Waals surface area contributed by atoms with Crippen LogP contribution in [0.5, 0.6) is 0 Å². The minimum absolute atomic E-state index is 0.110. The molecule has 1 heterocycles. The highest BCUT2D eigenvalue weighted by molar-refractivity contribution is 5.72. The zero-order valence-electron chi connectivity index (χ0n) is 18.2. The number of pyridine rings is 1. The number of esters is 1. The predicted octanol–water partition coefficient (Wildman–Crippen LogP) is 6.05. The van der Waals surface area contributed by atoms with Gasteiger partial charge in [0.05, 0.1) is 0 Å². The summed E-state index contributed by atoms with van der Waals surface area (Å²) in [6.45, 7) is 6.66. The summed E-state index contributed by atoms with van der Waals surface area (Å²) in [5.41, 5.74) is 3.62. The van der Waals surface area contributed by atoms with Gasteiger partial charge in [0.15, 0.2) is 0 Å². The first-order valence-electron chi connectivity index (χ1n) is 11.7. The second kappa shape index (κ2) is 6.96. The van der Waals surface area contributed by atoms with Crippen molar-refractivity contribution < 1.29 is 9.53 Å². The molecule has 0 amide bonds. The van der Waals surface area contributed by atoms with Gasteiger partial charge in [-0.15, -0.1) is 0 Å². The van der Waals surface area contributed by atoms with Gasteiger partial charge in [0.1, 0.15) is 6.10 Å². The minimum atomic E-state index is -0.110. The molecule has 0 saturated heterocycles. The zero-order chi connectivity index (χ0) is 20.2. The Morgan fingerprint density at radius 1 is 1.14 bits per heavy atom. The van der Waals surface area contributed by atoms with Crippen LogP contribution in [0, 0.1) is 34.5 Å². The van der Waals surface area contributed by atoms with Crippen molar-refractivity contribution >= 4 is 11.5 Å². The van der Waals surface area contributed by atoms with E-state index in [1.807, 2.05) is 6.20 Å². The van der Waals surface area contributed by atoms with Crippen molar-refractivity contribution in [3.63, 3.8) is 0 Å². The summed E-state index contributed by atoms with van der Waals surface area (Å²) in [7, 11) is 0. The van der Waals surface area contributed by atoms with Gasteiger partial charge in [0.2, 0.25) is 0 Å². The first-order valence-corrected chi connectivity index (χ1v) is 11.7. The Morgan fingerprint density at radius 2 is 2.00 bits per heavy atom. The molecule has 3 fully saturated rings. The fraction of sp³-hybridized carbons (Fsp3) is 0.692. The van der Waals surface area contributed by atoms with Crippen molar-refractivity contribution in [1.82, 2.24) is 4.98 Å². The maximum atomic E-state index is 11.5. The highest BCUT2D eigenvalue weighted by Crippen LogP contribution is 2.67. The summed E-state index contributed by atoms with van der Waals surface area (Å²) in [6, 6.07) is 4.32. The van der Waals surface area contributed by atoms with E-state index < -0.39 is 0 Å². The first-order chi connectivity index (χ1) is 13.9. The molecule has 1 aromatic heterocycles. The normalized spacial score (nSPS) is 43.6. The summed E-state index contributed by atoms with van der Waals surface area (Å²) in [5, 5.41) is 0. The van der Waals surface area contributed by atoms with Gasteiger partial charge in [-0.05, 0) is 103 Å². The van der Waals surface area contributed by atoms with Crippen molar-refractivity contribution in [2.45, 2.75) is 78.2 Å². The van der Waals surface area contributed by atoms with E-state index in [0.29, 0.717) is 10.8 Å². The van der Waals surface area contributed by atoms with Crippen LogP contribution in [-0.2, 0) is 9.53 Å². The molecule has 0 aliphatic heterocycles. The Labute approximate surface area is 175 Å². The fourth-order valence-electron chi connectivity index (χ4n) is 8.10. The fourth-order valence-corrected chi connectivity index (χ4v) is 8.10. The van der Waals surface area contributed by atoms with Crippen molar-refractivity contribution in [3.05, 3.63) is 36.2 Å². The topological polar surface area (TPSA) is 39.2 Å². The predicted molar refractivity (Wildman–Crippen MR) is 115 cm³/mol. The summed E-state index contributed by atoms with van der Waals surface area (Å²) in [6.07, 6.45) is 16.5. The van der Waals surface area contributed by atoms with Crippen LogP contribution < -0.4 is 0 Å². The average molecular weight is 394 g/mol. The van der Waals surface area contributed by atoms with E-state index in [9.17, 15) is 4.79 Å². The largest absolute Gasteiger partial charge is 0.463 e. The molecule has 0 spiro atoms. The lowest BCUT2D eigenvalue weighted by molar-refractivity contribution is -0.158. The molecular weight excluding hydrogens is 358 g/mol. The molecule has 7 atom stereocenters. The summed E-state index contributed by atoms with van der Waals surface area (Å²) >= 11 is 0. The van der Waals surface area contributed by atoms with Crippen molar-refractivity contribution in [3.8, 4) is 0 Å². The van der Waals surface area contributed by atoms with Crippen LogP contribution in [0.25, 0.3) is 5.57 Å². The van der Waals surface area contributed by atoms with Gasteiger partial charge >= 0.3 is 5.97 Å². The summed E-state index contributed by atoms with van der Waals surface area (Å²) < 4.78 is 5.62. The number of aromatic nitrogens is 1. The third-order valence-electron chi connectivity index (χ3n) is 9.50. The van der Waals surface area contributed by atoms with Gasteiger partial charge in [-0.2, -0.15) is 0 Å².